The van der Waals surface area contributed by atoms with Gasteiger partial charge in [0.1, 0.15) is 6.04 Å². The van der Waals surface area contributed by atoms with Crippen LogP contribution >= 0.6 is 11.8 Å². The highest BCUT2D eigenvalue weighted by atomic mass is 32.2. The number of para-hydroxylation sites is 1. The van der Waals surface area contributed by atoms with Crippen LogP contribution in [0.15, 0.2) is 18.2 Å². The molecule has 0 aromatic heterocycles. The molecule has 2 atom stereocenters. The summed E-state index contributed by atoms with van der Waals surface area (Å²) in [5, 5.41) is 8.48. The molecule has 1 aliphatic heterocycles. The van der Waals surface area contributed by atoms with Gasteiger partial charge in [-0.3, -0.25) is 14.4 Å². The van der Waals surface area contributed by atoms with Crippen LogP contribution in [-0.2, 0) is 14.4 Å². The molecule has 3 N–H and O–H groups in total. The maximum absolute atomic E-state index is 12.8. The summed E-state index contributed by atoms with van der Waals surface area (Å²) in [6.07, 6.45) is 0.0487. The van der Waals surface area contributed by atoms with Gasteiger partial charge in [0.2, 0.25) is 11.8 Å². The molecule has 0 saturated carbocycles. The summed E-state index contributed by atoms with van der Waals surface area (Å²) in [6, 6.07) is 4.46. The Balaban J connectivity index is 2.28. The number of hydrogen-bond acceptors (Lipinski definition) is 5. The maximum atomic E-state index is 12.8. The van der Waals surface area contributed by atoms with Gasteiger partial charge >= 0.3 is 5.97 Å². The Hall–Kier alpha value is -1.86. The van der Waals surface area contributed by atoms with E-state index < -0.39 is 22.0 Å². The number of imide groups is 1. The summed E-state index contributed by atoms with van der Waals surface area (Å²) in [5.74, 6) is -1.71. The molecule has 0 radical (unpaired) electrons. The van der Waals surface area contributed by atoms with Crippen LogP contribution in [-0.4, -0.2) is 38.9 Å². The highest BCUT2D eigenvalue weighted by Crippen LogP contribution is 2.39. The number of aliphatic carboxylic acids is 1. The Morgan fingerprint density at radius 3 is 2.38 bits per heavy atom. The van der Waals surface area contributed by atoms with Crippen molar-refractivity contribution in [1.82, 2.24) is 0 Å². The van der Waals surface area contributed by atoms with Crippen molar-refractivity contribution in [2.24, 2.45) is 5.73 Å². The number of aryl methyl sites for hydroxylation is 2. The minimum atomic E-state index is -1.13. The number of rotatable bonds is 5. The predicted molar refractivity (Wildman–Crippen MR) is 94.1 cm³/mol. The zero-order valence-corrected chi connectivity index (χ0v) is 15.0. The number of carbonyl (C=O) groups excluding carboxylic acids is 2. The zero-order valence-electron chi connectivity index (χ0n) is 14.2. The fourth-order valence-corrected chi connectivity index (χ4v) is 4.24. The van der Waals surface area contributed by atoms with E-state index in [1.165, 1.54) is 4.90 Å². The van der Waals surface area contributed by atoms with Crippen molar-refractivity contribution in [3.63, 3.8) is 0 Å². The van der Waals surface area contributed by atoms with Gasteiger partial charge in [0, 0.05) is 11.2 Å². The fraction of sp³-hybridized carbons (Fsp3) is 0.471. The lowest BCUT2D eigenvalue weighted by Crippen LogP contribution is -2.48. The number of nitrogens with zero attached hydrogens (tertiary/aromatic N) is 1. The van der Waals surface area contributed by atoms with Crippen molar-refractivity contribution in [2.75, 3.05) is 4.90 Å². The molecule has 7 heteroatoms. The highest BCUT2D eigenvalue weighted by Gasteiger charge is 2.45. The Morgan fingerprint density at radius 1 is 1.33 bits per heavy atom. The van der Waals surface area contributed by atoms with E-state index in [1.54, 1.807) is 13.8 Å². The van der Waals surface area contributed by atoms with E-state index in [9.17, 15) is 14.4 Å². The van der Waals surface area contributed by atoms with E-state index in [2.05, 4.69) is 0 Å². The van der Waals surface area contributed by atoms with E-state index >= 15 is 0 Å². The summed E-state index contributed by atoms with van der Waals surface area (Å²) < 4.78 is -0.872. The Morgan fingerprint density at radius 2 is 1.88 bits per heavy atom. The molecule has 2 amide bonds. The molecule has 2 rings (SSSR count). The van der Waals surface area contributed by atoms with Crippen LogP contribution in [0.4, 0.5) is 5.69 Å². The molecule has 0 spiro atoms. The van der Waals surface area contributed by atoms with Crippen LogP contribution in [0.2, 0.25) is 0 Å². The Bertz CT molecular complexity index is 682. The fourth-order valence-electron chi connectivity index (χ4n) is 2.83. The van der Waals surface area contributed by atoms with E-state index in [1.807, 2.05) is 32.0 Å². The molecular weight excluding hydrogens is 328 g/mol. The van der Waals surface area contributed by atoms with Crippen molar-refractivity contribution >= 4 is 35.2 Å². The number of thioether (sulfide) groups is 1. The van der Waals surface area contributed by atoms with Crippen molar-refractivity contribution in [3.8, 4) is 0 Å². The van der Waals surface area contributed by atoms with E-state index in [0.717, 1.165) is 22.9 Å². The lowest BCUT2D eigenvalue weighted by atomic mass is 10.1. The molecule has 6 nitrogen and oxygen atoms in total. The lowest BCUT2D eigenvalue weighted by Gasteiger charge is -2.30. The van der Waals surface area contributed by atoms with Crippen LogP contribution in [0.25, 0.3) is 0 Å². The maximum Gasteiger partial charge on any atom is 0.321 e. The second-order valence-electron chi connectivity index (χ2n) is 6.54. The number of amides is 2. The van der Waals surface area contributed by atoms with E-state index in [0.29, 0.717) is 5.69 Å². The second kappa shape index (κ2) is 6.57. The molecule has 130 valence electrons. The van der Waals surface area contributed by atoms with Crippen LogP contribution < -0.4 is 10.6 Å². The van der Waals surface area contributed by atoms with Gasteiger partial charge in [-0.05, 0) is 38.8 Å². The Kier molecular flexibility index (Phi) is 5.05. The first kappa shape index (κ1) is 18.5. The van der Waals surface area contributed by atoms with Gasteiger partial charge in [-0.15, -0.1) is 11.8 Å². The average Bonchev–Trinajstić information content (AvgIpc) is 2.73. The monoisotopic (exact) mass is 350 g/mol. The molecule has 1 aromatic rings. The van der Waals surface area contributed by atoms with Crippen molar-refractivity contribution in [3.05, 3.63) is 29.3 Å². The molecule has 0 aliphatic carbocycles. The van der Waals surface area contributed by atoms with Gasteiger partial charge in [-0.25, -0.2) is 4.90 Å². The third-order valence-electron chi connectivity index (χ3n) is 4.23. The third kappa shape index (κ3) is 3.32. The number of nitrogens with two attached hydrogens (primary N) is 1. The average molecular weight is 350 g/mol. The molecule has 1 heterocycles. The van der Waals surface area contributed by atoms with Crippen molar-refractivity contribution in [2.45, 2.75) is 50.2 Å². The summed E-state index contributed by atoms with van der Waals surface area (Å²) in [7, 11) is 0. The zero-order chi connectivity index (χ0) is 18.2. The molecule has 1 aromatic carbocycles. The topological polar surface area (TPSA) is 101 Å². The van der Waals surface area contributed by atoms with E-state index in [-0.39, 0.29) is 18.2 Å². The third-order valence-corrected chi connectivity index (χ3v) is 5.74. The van der Waals surface area contributed by atoms with Gasteiger partial charge < -0.3 is 10.8 Å². The van der Waals surface area contributed by atoms with Crippen molar-refractivity contribution < 1.29 is 19.5 Å². The second-order valence-corrected chi connectivity index (χ2v) is 8.39. The molecule has 0 bridgehead atoms. The normalized spacial score (nSPS) is 19.7. The largest absolute Gasteiger partial charge is 0.480 e. The molecule has 24 heavy (non-hydrogen) atoms. The summed E-state index contributed by atoms with van der Waals surface area (Å²) in [4.78, 5) is 37.6. The quantitative estimate of drug-likeness (QED) is 0.786. The van der Waals surface area contributed by atoms with Gasteiger partial charge in [-0.1, -0.05) is 18.2 Å². The van der Waals surface area contributed by atoms with Gasteiger partial charge in [-0.2, -0.15) is 0 Å². The summed E-state index contributed by atoms with van der Waals surface area (Å²) in [5.41, 5.74) is 8.04. The summed E-state index contributed by atoms with van der Waals surface area (Å²) in [6.45, 7) is 7.06. The van der Waals surface area contributed by atoms with Gasteiger partial charge in [0.25, 0.3) is 0 Å². The number of benzene rings is 1. The number of hydrogen-bond donors (Lipinski definition) is 2. The SMILES string of the molecule is Cc1cccc(C)c1N1C(=O)CC(SC(C)(C)C(N)C(=O)O)C1=O. The first-order valence-corrected chi connectivity index (χ1v) is 8.53. The molecule has 2 unspecified atom stereocenters. The number of carbonyl (C=O) groups is 3. The smallest absolute Gasteiger partial charge is 0.321 e. The van der Waals surface area contributed by atoms with Gasteiger partial charge in [0.15, 0.2) is 0 Å². The van der Waals surface area contributed by atoms with Crippen molar-refractivity contribution in [1.29, 1.82) is 0 Å². The number of carboxylic acids is 1. The first-order valence-electron chi connectivity index (χ1n) is 7.65. The van der Waals surface area contributed by atoms with E-state index in [4.69, 9.17) is 10.8 Å². The minimum Gasteiger partial charge on any atom is -0.480 e. The molecular formula is C17H22N2O4S. The molecule has 1 fully saturated rings. The predicted octanol–water partition coefficient (Wildman–Crippen LogP) is 1.86. The van der Waals surface area contributed by atoms with Crippen LogP contribution in [0.3, 0.4) is 0 Å². The molecule has 1 aliphatic rings. The molecule has 1 saturated heterocycles. The minimum absolute atomic E-state index is 0.0487. The number of anilines is 1. The number of carboxylic acid groups (broad SMARTS) is 1. The van der Waals surface area contributed by atoms with Crippen LogP contribution in [0.1, 0.15) is 31.4 Å². The van der Waals surface area contributed by atoms with Crippen LogP contribution in [0, 0.1) is 13.8 Å². The lowest BCUT2D eigenvalue weighted by molar-refractivity contribution is -0.139. The summed E-state index contributed by atoms with van der Waals surface area (Å²) >= 11 is 1.15. The standard InChI is InChI=1S/C17H22N2O4S/c1-9-6-5-7-10(2)13(9)19-12(20)8-11(15(19)21)24-17(3,4)14(18)16(22)23/h5-7,11,14H,8,18H2,1-4H3,(H,22,23). The van der Waals surface area contributed by atoms with Gasteiger partial charge in [0.05, 0.1) is 10.9 Å². The van der Waals surface area contributed by atoms with Crippen LogP contribution in [0.5, 0.6) is 0 Å². The first-order chi connectivity index (χ1) is 11.1. The Labute approximate surface area is 145 Å². The highest BCUT2D eigenvalue weighted by molar-refractivity contribution is 8.02.